The van der Waals surface area contributed by atoms with Crippen molar-refractivity contribution in [3.05, 3.63) is 90.1 Å². The van der Waals surface area contributed by atoms with Gasteiger partial charge < -0.3 is 15.1 Å². The van der Waals surface area contributed by atoms with E-state index in [0.29, 0.717) is 6.42 Å². The Bertz CT molecular complexity index is 864. The Labute approximate surface area is 157 Å². The minimum absolute atomic E-state index is 0.168. The fourth-order valence-corrected chi connectivity index (χ4v) is 2.73. The van der Waals surface area contributed by atoms with Crippen LogP contribution >= 0.6 is 0 Å². The number of nitrogens with one attached hydrogen (secondary N) is 2. The monoisotopic (exact) mass is 363 g/mol. The molecule has 3 aromatic rings. The van der Waals surface area contributed by atoms with Crippen LogP contribution in [0.5, 0.6) is 0 Å². The molecule has 0 aliphatic carbocycles. The molecule has 0 aliphatic heterocycles. The first-order valence-electron chi connectivity index (χ1n) is 8.72. The van der Waals surface area contributed by atoms with Crippen LogP contribution in [0.2, 0.25) is 0 Å². The molecule has 2 amide bonds. The summed E-state index contributed by atoms with van der Waals surface area (Å²) in [5.41, 5.74) is 1.84. The van der Waals surface area contributed by atoms with Crippen molar-refractivity contribution in [2.24, 2.45) is 0 Å². The van der Waals surface area contributed by atoms with Gasteiger partial charge in [-0.15, -0.1) is 0 Å². The third-order valence-electron chi connectivity index (χ3n) is 4.19. The number of rotatable bonds is 7. The predicted molar refractivity (Wildman–Crippen MR) is 101 cm³/mol. The second kappa shape index (κ2) is 8.80. The van der Waals surface area contributed by atoms with Crippen LogP contribution in [-0.4, -0.2) is 22.8 Å². The average Bonchev–Trinajstić information content (AvgIpc) is 3.24. The lowest BCUT2D eigenvalue weighted by molar-refractivity contribution is -0.123. The van der Waals surface area contributed by atoms with E-state index in [-0.39, 0.29) is 17.7 Å². The summed E-state index contributed by atoms with van der Waals surface area (Å²) in [6, 6.07) is 15.5. The van der Waals surface area contributed by atoms with Crippen molar-refractivity contribution in [1.82, 2.24) is 15.6 Å². The van der Waals surface area contributed by atoms with Gasteiger partial charge in [-0.05, 0) is 36.2 Å². The van der Waals surface area contributed by atoms with E-state index in [1.807, 2.05) is 49.4 Å². The molecule has 0 spiro atoms. The van der Waals surface area contributed by atoms with Crippen molar-refractivity contribution in [3.63, 3.8) is 0 Å². The van der Waals surface area contributed by atoms with Gasteiger partial charge in [-0.1, -0.05) is 36.4 Å². The first-order valence-corrected chi connectivity index (χ1v) is 8.72. The zero-order valence-corrected chi connectivity index (χ0v) is 15.0. The maximum atomic E-state index is 12.9. The van der Waals surface area contributed by atoms with Crippen molar-refractivity contribution >= 4 is 11.8 Å². The summed E-state index contributed by atoms with van der Waals surface area (Å²) in [5.74, 6) is -0.526. The van der Waals surface area contributed by atoms with E-state index in [0.717, 1.165) is 11.1 Å². The lowest BCUT2D eigenvalue weighted by atomic mass is 10.0. The molecular formula is C21H21N3O3. The lowest BCUT2D eigenvalue weighted by Gasteiger charge is -2.21. The molecule has 2 unspecified atom stereocenters. The van der Waals surface area contributed by atoms with Crippen LogP contribution in [0.15, 0.2) is 77.7 Å². The third kappa shape index (κ3) is 5.04. The van der Waals surface area contributed by atoms with E-state index >= 15 is 0 Å². The van der Waals surface area contributed by atoms with Gasteiger partial charge >= 0.3 is 0 Å². The summed E-state index contributed by atoms with van der Waals surface area (Å²) in [6.45, 7) is 1.88. The number of carbonyl (C=O) groups excluding carboxylic acids is 2. The van der Waals surface area contributed by atoms with Crippen LogP contribution in [0.25, 0.3) is 0 Å². The Morgan fingerprint density at radius 2 is 1.85 bits per heavy atom. The van der Waals surface area contributed by atoms with Gasteiger partial charge in [-0.25, -0.2) is 0 Å². The number of benzene rings is 1. The quantitative estimate of drug-likeness (QED) is 0.676. The summed E-state index contributed by atoms with van der Waals surface area (Å²) < 4.78 is 5.12. The van der Waals surface area contributed by atoms with Crippen molar-refractivity contribution < 1.29 is 14.0 Å². The van der Waals surface area contributed by atoms with Crippen LogP contribution in [-0.2, 0) is 11.2 Å². The number of furan rings is 1. The minimum atomic E-state index is -0.732. The molecule has 0 bridgehead atoms. The first kappa shape index (κ1) is 18.4. The smallest absolute Gasteiger partial charge is 0.287 e. The van der Waals surface area contributed by atoms with Crippen LogP contribution in [0, 0.1) is 0 Å². The Balaban J connectivity index is 1.73. The van der Waals surface area contributed by atoms with Gasteiger partial charge in [0.1, 0.15) is 6.04 Å². The van der Waals surface area contributed by atoms with Crippen molar-refractivity contribution in [2.75, 3.05) is 0 Å². The van der Waals surface area contributed by atoms with E-state index in [4.69, 9.17) is 4.42 Å². The first-order chi connectivity index (χ1) is 13.1. The van der Waals surface area contributed by atoms with Crippen LogP contribution < -0.4 is 10.6 Å². The molecule has 2 heterocycles. The van der Waals surface area contributed by atoms with E-state index in [2.05, 4.69) is 15.6 Å². The molecule has 6 nitrogen and oxygen atoms in total. The van der Waals surface area contributed by atoms with Gasteiger partial charge in [0, 0.05) is 18.8 Å². The number of hydrogen-bond acceptors (Lipinski definition) is 4. The topological polar surface area (TPSA) is 84.2 Å². The summed E-state index contributed by atoms with van der Waals surface area (Å²) in [5, 5.41) is 5.71. The minimum Gasteiger partial charge on any atom is -0.459 e. The van der Waals surface area contributed by atoms with E-state index < -0.39 is 11.9 Å². The molecule has 6 heteroatoms. The highest BCUT2D eigenvalue weighted by atomic mass is 16.3. The Kier molecular flexibility index (Phi) is 5.99. The van der Waals surface area contributed by atoms with E-state index in [1.165, 1.54) is 6.26 Å². The van der Waals surface area contributed by atoms with Crippen molar-refractivity contribution in [1.29, 1.82) is 0 Å². The third-order valence-corrected chi connectivity index (χ3v) is 4.19. The summed E-state index contributed by atoms with van der Waals surface area (Å²) in [4.78, 5) is 29.3. The molecule has 0 saturated carbocycles. The number of nitrogens with zero attached hydrogens (tertiary/aromatic N) is 1. The van der Waals surface area contributed by atoms with Crippen molar-refractivity contribution in [2.45, 2.75) is 25.4 Å². The summed E-state index contributed by atoms with van der Waals surface area (Å²) >= 11 is 0. The zero-order valence-electron chi connectivity index (χ0n) is 15.0. The standard InChI is InChI=1S/C21H21N3O3/c1-15(17-9-5-11-22-14-17)23-20(25)18(13-16-7-3-2-4-8-16)24-21(26)19-10-6-12-27-19/h2-12,14-15,18H,13H2,1H3,(H,23,25)(H,24,26). The fourth-order valence-electron chi connectivity index (χ4n) is 2.73. The number of hydrogen-bond donors (Lipinski definition) is 2. The Hall–Kier alpha value is -3.41. The number of amides is 2. The zero-order chi connectivity index (χ0) is 19.1. The highest BCUT2D eigenvalue weighted by Gasteiger charge is 2.24. The molecule has 2 atom stereocenters. The molecule has 0 radical (unpaired) electrons. The summed E-state index contributed by atoms with van der Waals surface area (Å²) in [7, 11) is 0. The summed E-state index contributed by atoms with van der Waals surface area (Å²) in [6.07, 6.45) is 5.18. The molecular weight excluding hydrogens is 342 g/mol. The van der Waals surface area contributed by atoms with Crippen LogP contribution in [0.1, 0.15) is 34.6 Å². The Morgan fingerprint density at radius 1 is 1.04 bits per heavy atom. The average molecular weight is 363 g/mol. The van der Waals surface area contributed by atoms with Crippen molar-refractivity contribution in [3.8, 4) is 0 Å². The van der Waals surface area contributed by atoms with Gasteiger partial charge in [0.25, 0.3) is 5.91 Å². The number of pyridine rings is 1. The van der Waals surface area contributed by atoms with Gasteiger partial charge in [-0.3, -0.25) is 14.6 Å². The normalized spacial score (nSPS) is 12.8. The molecule has 0 saturated heterocycles. The van der Waals surface area contributed by atoms with Gasteiger partial charge in [-0.2, -0.15) is 0 Å². The maximum absolute atomic E-state index is 12.9. The fraction of sp³-hybridized carbons (Fsp3) is 0.190. The predicted octanol–water partition coefficient (Wildman–Crippen LogP) is 2.89. The van der Waals surface area contributed by atoms with Gasteiger partial charge in [0.05, 0.1) is 12.3 Å². The maximum Gasteiger partial charge on any atom is 0.287 e. The molecule has 0 aliphatic rings. The molecule has 27 heavy (non-hydrogen) atoms. The van der Waals surface area contributed by atoms with E-state index in [1.54, 1.807) is 24.5 Å². The highest BCUT2D eigenvalue weighted by molar-refractivity contribution is 5.95. The molecule has 3 rings (SSSR count). The van der Waals surface area contributed by atoms with E-state index in [9.17, 15) is 9.59 Å². The molecule has 138 valence electrons. The largest absolute Gasteiger partial charge is 0.459 e. The van der Waals surface area contributed by atoms with Gasteiger partial charge in [0.15, 0.2) is 5.76 Å². The number of carbonyl (C=O) groups is 2. The molecule has 1 aromatic carbocycles. The molecule has 2 N–H and O–H groups in total. The molecule has 0 fully saturated rings. The van der Waals surface area contributed by atoms with Gasteiger partial charge in [0.2, 0.25) is 5.91 Å². The van der Waals surface area contributed by atoms with Crippen LogP contribution in [0.4, 0.5) is 0 Å². The number of aromatic nitrogens is 1. The lowest BCUT2D eigenvalue weighted by Crippen LogP contribution is -2.48. The SMILES string of the molecule is CC(NC(=O)C(Cc1ccccc1)NC(=O)c1ccco1)c1cccnc1. The Morgan fingerprint density at radius 3 is 2.52 bits per heavy atom. The highest BCUT2D eigenvalue weighted by Crippen LogP contribution is 2.12. The van der Waals surface area contributed by atoms with Crippen LogP contribution in [0.3, 0.4) is 0 Å². The molecule has 2 aromatic heterocycles. The second-order valence-electron chi connectivity index (χ2n) is 6.21. The second-order valence-corrected chi connectivity index (χ2v) is 6.21.